The van der Waals surface area contributed by atoms with E-state index in [9.17, 15) is 28.3 Å². The molecule has 0 saturated carbocycles. The molecule has 0 bridgehead atoms. The summed E-state index contributed by atoms with van der Waals surface area (Å²) >= 11 is 0. The zero-order chi connectivity index (χ0) is 23.6. The molecule has 1 aliphatic rings. The van der Waals surface area contributed by atoms with Crippen LogP contribution in [0.4, 0.5) is 8.78 Å². The summed E-state index contributed by atoms with van der Waals surface area (Å²) in [5, 5.41) is 16.3. The summed E-state index contributed by atoms with van der Waals surface area (Å²) in [6.07, 6.45) is 0.514. The number of pyridine rings is 1. The molecule has 3 rings (SSSR count). The van der Waals surface area contributed by atoms with Crippen molar-refractivity contribution in [2.75, 3.05) is 20.1 Å². The number of hydrogen-bond donors (Lipinski definition) is 3. The van der Waals surface area contributed by atoms with Crippen LogP contribution >= 0.6 is 0 Å². The van der Waals surface area contributed by atoms with Gasteiger partial charge in [0, 0.05) is 38.3 Å². The average molecular weight is 448 g/mol. The quantitative estimate of drug-likeness (QED) is 0.601. The van der Waals surface area contributed by atoms with Crippen LogP contribution < -0.4 is 16.1 Å². The lowest BCUT2D eigenvalue weighted by molar-refractivity contribution is 0.0785. The van der Waals surface area contributed by atoms with E-state index < -0.39 is 34.6 Å². The smallest absolute Gasteiger partial charge is 0.274 e. The summed E-state index contributed by atoms with van der Waals surface area (Å²) in [6, 6.07) is 2.58. The SMILES string of the molecule is CCN[C@H]1CCn2c(C(=O)N(C)CC)c(O)c(=O)c(C(=O)NCc3ccc(F)cc3F)c21. The lowest BCUT2D eigenvalue weighted by Crippen LogP contribution is -2.37. The number of nitrogens with one attached hydrogen (secondary N) is 2. The third-order valence-electron chi connectivity index (χ3n) is 5.61. The van der Waals surface area contributed by atoms with Crippen LogP contribution in [0, 0.1) is 11.6 Å². The van der Waals surface area contributed by atoms with Crippen molar-refractivity contribution in [3.63, 3.8) is 0 Å². The topological polar surface area (TPSA) is 104 Å². The van der Waals surface area contributed by atoms with E-state index in [2.05, 4.69) is 10.6 Å². The highest BCUT2D eigenvalue weighted by Gasteiger charge is 2.36. The van der Waals surface area contributed by atoms with E-state index in [1.54, 1.807) is 14.0 Å². The minimum absolute atomic E-state index is 0.0420. The minimum Gasteiger partial charge on any atom is -0.503 e. The Labute approximate surface area is 183 Å². The molecule has 0 fully saturated rings. The molecule has 0 radical (unpaired) electrons. The first-order valence-electron chi connectivity index (χ1n) is 10.4. The number of nitrogens with zero attached hydrogens (tertiary/aromatic N) is 2. The third kappa shape index (κ3) is 4.22. The molecule has 32 heavy (non-hydrogen) atoms. The van der Waals surface area contributed by atoms with Gasteiger partial charge in [0.25, 0.3) is 11.8 Å². The molecule has 2 aromatic rings. The normalized spacial score (nSPS) is 14.8. The van der Waals surface area contributed by atoms with Gasteiger partial charge in [0.2, 0.25) is 5.43 Å². The Morgan fingerprint density at radius 1 is 1.28 bits per heavy atom. The first kappa shape index (κ1) is 23.4. The highest BCUT2D eigenvalue weighted by molar-refractivity contribution is 5.99. The number of benzene rings is 1. The van der Waals surface area contributed by atoms with Crippen molar-refractivity contribution in [1.29, 1.82) is 0 Å². The van der Waals surface area contributed by atoms with E-state index in [1.165, 1.54) is 15.5 Å². The Hall–Kier alpha value is -3.27. The molecular weight excluding hydrogens is 422 g/mol. The lowest BCUT2D eigenvalue weighted by atomic mass is 10.0. The molecule has 2 amide bonds. The standard InChI is InChI=1S/C22H26F2N4O4/c1-4-25-15-8-9-28-17(15)16(19(29)20(30)18(28)22(32)27(3)5-2)21(31)26-11-12-6-7-13(23)10-14(12)24/h6-7,10,15,25,30H,4-5,8-9,11H2,1-3H3,(H,26,31)/t15-/m0/s1. The van der Waals surface area contributed by atoms with Gasteiger partial charge < -0.3 is 25.2 Å². The van der Waals surface area contributed by atoms with Crippen LogP contribution in [-0.2, 0) is 13.1 Å². The maximum Gasteiger partial charge on any atom is 0.274 e. The maximum absolute atomic E-state index is 13.9. The van der Waals surface area contributed by atoms with E-state index in [0.29, 0.717) is 37.8 Å². The van der Waals surface area contributed by atoms with Gasteiger partial charge in [-0.1, -0.05) is 13.0 Å². The van der Waals surface area contributed by atoms with E-state index in [4.69, 9.17) is 0 Å². The second-order valence-electron chi connectivity index (χ2n) is 7.57. The molecule has 0 spiro atoms. The Bertz CT molecular complexity index is 1120. The van der Waals surface area contributed by atoms with E-state index in [0.717, 1.165) is 6.07 Å². The molecule has 0 unspecified atom stereocenters. The molecule has 172 valence electrons. The number of fused-ring (bicyclic) bond motifs is 1. The predicted molar refractivity (Wildman–Crippen MR) is 114 cm³/mol. The number of amides is 2. The Balaban J connectivity index is 2.06. The third-order valence-corrected chi connectivity index (χ3v) is 5.61. The van der Waals surface area contributed by atoms with Gasteiger partial charge in [-0.15, -0.1) is 0 Å². The molecule has 0 aliphatic carbocycles. The number of aromatic nitrogens is 1. The van der Waals surface area contributed by atoms with Gasteiger partial charge in [-0.25, -0.2) is 8.78 Å². The van der Waals surface area contributed by atoms with Gasteiger partial charge in [0.15, 0.2) is 11.4 Å². The fraction of sp³-hybridized carbons (Fsp3) is 0.409. The number of hydrogen-bond acceptors (Lipinski definition) is 5. The van der Waals surface area contributed by atoms with Gasteiger partial charge >= 0.3 is 0 Å². The summed E-state index contributed by atoms with van der Waals surface area (Å²) in [4.78, 5) is 40.2. The summed E-state index contributed by atoms with van der Waals surface area (Å²) in [5.74, 6) is -3.71. The zero-order valence-electron chi connectivity index (χ0n) is 18.2. The number of carbonyl (C=O) groups is 2. The number of rotatable bonds is 7. The second kappa shape index (κ2) is 9.47. The van der Waals surface area contributed by atoms with Crippen LogP contribution in [0.25, 0.3) is 0 Å². The number of halogens is 2. The van der Waals surface area contributed by atoms with Crippen LogP contribution in [-0.4, -0.2) is 46.5 Å². The van der Waals surface area contributed by atoms with Crippen LogP contribution in [0.1, 0.15) is 58.4 Å². The highest BCUT2D eigenvalue weighted by atomic mass is 19.1. The summed E-state index contributed by atoms with van der Waals surface area (Å²) in [6.45, 7) is 4.59. The van der Waals surface area contributed by atoms with Crippen molar-refractivity contribution in [1.82, 2.24) is 20.1 Å². The Kier molecular flexibility index (Phi) is 6.93. The van der Waals surface area contributed by atoms with Crippen molar-refractivity contribution >= 4 is 11.8 Å². The fourth-order valence-electron chi connectivity index (χ4n) is 3.85. The number of aromatic hydroxyl groups is 1. The molecule has 10 heteroatoms. The van der Waals surface area contributed by atoms with Crippen molar-refractivity contribution < 1.29 is 23.5 Å². The van der Waals surface area contributed by atoms with Crippen LogP contribution in [0.5, 0.6) is 5.75 Å². The average Bonchev–Trinajstić information content (AvgIpc) is 3.16. The van der Waals surface area contributed by atoms with Gasteiger partial charge in [-0.2, -0.15) is 0 Å². The second-order valence-corrected chi connectivity index (χ2v) is 7.57. The molecule has 1 atom stereocenters. The molecule has 1 aromatic heterocycles. The van der Waals surface area contributed by atoms with Crippen LogP contribution in [0.2, 0.25) is 0 Å². The van der Waals surface area contributed by atoms with Gasteiger partial charge in [0.05, 0.1) is 11.7 Å². The van der Waals surface area contributed by atoms with Crippen molar-refractivity contribution in [2.24, 2.45) is 0 Å². The molecule has 2 heterocycles. The van der Waals surface area contributed by atoms with Crippen LogP contribution in [0.3, 0.4) is 0 Å². The number of carbonyl (C=O) groups excluding carboxylic acids is 2. The van der Waals surface area contributed by atoms with Gasteiger partial charge in [-0.3, -0.25) is 14.4 Å². The summed E-state index contributed by atoms with van der Waals surface area (Å²) in [7, 11) is 1.55. The monoisotopic (exact) mass is 448 g/mol. The first-order valence-corrected chi connectivity index (χ1v) is 10.4. The molecule has 3 N–H and O–H groups in total. The fourth-order valence-corrected chi connectivity index (χ4v) is 3.85. The van der Waals surface area contributed by atoms with Crippen molar-refractivity contribution in [2.45, 2.75) is 39.4 Å². The molecule has 1 aromatic carbocycles. The van der Waals surface area contributed by atoms with Crippen molar-refractivity contribution in [3.8, 4) is 5.75 Å². The molecule has 8 nitrogen and oxygen atoms in total. The largest absolute Gasteiger partial charge is 0.503 e. The van der Waals surface area contributed by atoms with E-state index in [-0.39, 0.29) is 29.4 Å². The van der Waals surface area contributed by atoms with E-state index in [1.807, 2.05) is 6.92 Å². The summed E-state index contributed by atoms with van der Waals surface area (Å²) in [5.41, 5.74) is -1.08. The molecular formula is C22H26F2N4O4. The Morgan fingerprint density at radius 3 is 2.62 bits per heavy atom. The van der Waals surface area contributed by atoms with Crippen LogP contribution in [0.15, 0.2) is 23.0 Å². The van der Waals surface area contributed by atoms with Gasteiger partial charge in [-0.05, 0) is 26.0 Å². The minimum atomic E-state index is -0.967. The maximum atomic E-state index is 13.9. The Morgan fingerprint density at radius 2 is 2.00 bits per heavy atom. The first-order chi connectivity index (χ1) is 15.2. The lowest BCUT2D eigenvalue weighted by Gasteiger charge is -2.22. The van der Waals surface area contributed by atoms with Crippen molar-refractivity contribution in [3.05, 3.63) is 62.6 Å². The van der Waals surface area contributed by atoms with Gasteiger partial charge in [0.1, 0.15) is 17.2 Å². The zero-order valence-corrected chi connectivity index (χ0v) is 18.2. The molecule has 0 saturated heterocycles. The predicted octanol–water partition coefficient (Wildman–Crippen LogP) is 1.91. The highest BCUT2D eigenvalue weighted by Crippen LogP contribution is 2.32. The molecule has 1 aliphatic heterocycles. The summed E-state index contributed by atoms with van der Waals surface area (Å²) < 4.78 is 28.6. The van der Waals surface area contributed by atoms with E-state index >= 15 is 0 Å².